The second-order valence-corrected chi connectivity index (χ2v) is 4.10. The maximum Gasteiger partial charge on any atom is 0.116 e. The molecular weight excluding hydrogens is 252 g/mol. The van der Waals surface area contributed by atoms with Crippen LogP contribution in [0.5, 0.6) is 0 Å². The Morgan fingerprint density at radius 3 is 2.67 bits per heavy atom. The molecule has 0 spiro atoms. The van der Waals surface area contributed by atoms with Crippen molar-refractivity contribution in [3.63, 3.8) is 0 Å². The summed E-state index contributed by atoms with van der Waals surface area (Å²) in [6.45, 7) is 0. The Balaban J connectivity index is 2.10. The van der Waals surface area contributed by atoms with Gasteiger partial charge in [-0.05, 0) is 15.9 Å². The summed E-state index contributed by atoms with van der Waals surface area (Å²) in [6, 6.07) is 10.1. The van der Waals surface area contributed by atoms with E-state index in [9.17, 15) is 0 Å². The van der Waals surface area contributed by atoms with Crippen molar-refractivity contribution >= 4 is 27.9 Å². The smallest absolute Gasteiger partial charge is 0.116 e. The summed E-state index contributed by atoms with van der Waals surface area (Å²) < 4.78 is 0.869. The molecule has 0 bridgehead atoms. The number of rotatable bonds is 1. The number of aliphatic imine (C=N–C) groups is 2. The van der Waals surface area contributed by atoms with E-state index in [1.54, 1.807) is 0 Å². The van der Waals surface area contributed by atoms with Crippen molar-refractivity contribution in [2.24, 2.45) is 9.98 Å². The van der Waals surface area contributed by atoms with Crippen LogP contribution in [-0.4, -0.2) is 11.9 Å². The lowest BCUT2D eigenvalue weighted by Gasteiger charge is -2.01. The van der Waals surface area contributed by atoms with Gasteiger partial charge in [0, 0.05) is 29.1 Å². The Hall–Kier alpha value is -1.48. The fourth-order valence-electron chi connectivity index (χ4n) is 1.71. The molecule has 0 aliphatic carbocycles. The van der Waals surface area contributed by atoms with Crippen molar-refractivity contribution in [2.75, 3.05) is 0 Å². The number of halogens is 1. The highest BCUT2D eigenvalue weighted by atomic mass is 79.9. The molecule has 0 aromatic heterocycles. The van der Waals surface area contributed by atoms with Crippen LogP contribution in [0.4, 0.5) is 0 Å². The van der Waals surface area contributed by atoms with Gasteiger partial charge >= 0.3 is 0 Å². The topological polar surface area (TPSA) is 24.7 Å². The molecule has 1 aromatic rings. The summed E-state index contributed by atoms with van der Waals surface area (Å²) in [7, 11) is 0. The fraction of sp³-hybridized carbons (Fsp3) is 0. The zero-order valence-electron chi connectivity index (χ0n) is 7.81. The molecule has 0 amide bonds. The molecule has 0 atom stereocenters. The first-order valence-electron chi connectivity index (χ1n) is 4.64. The van der Waals surface area contributed by atoms with Gasteiger partial charge in [-0.2, -0.15) is 0 Å². The van der Waals surface area contributed by atoms with Crippen molar-refractivity contribution < 1.29 is 0 Å². The van der Waals surface area contributed by atoms with Crippen molar-refractivity contribution in [3.8, 4) is 0 Å². The first kappa shape index (κ1) is 8.80. The van der Waals surface area contributed by atoms with Crippen LogP contribution in [0.15, 0.2) is 62.3 Å². The van der Waals surface area contributed by atoms with Gasteiger partial charge in [0.1, 0.15) is 4.61 Å². The second kappa shape index (κ2) is 3.28. The predicted octanol–water partition coefficient (Wildman–Crippen LogP) is 3.06. The van der Waals surface area contributed by atoms with Crippen LogP contribution in [0.2, 0.25) is 0 Å². The van der Waals surface area contributed by atoms with E-state index in [0.717, 1.165) is 27.0 Å². The molecule has 0 fully saturated rings. The summed E-state index contributed by atoms with van der Waals surface area (Å²) in [5, 5.41) is 0. The van der Waals surface area contributed by atoms with E-state index in [1.165, 1.54) is 0 Å². The van der Waals surface area contributed by atoms with Gasteiger partial charge < -0.3 is 0 Å². The van der Waals surface area contributed by atoms with Gasteiger partial charge in [-0.3, -0.25) is 4.99 Å². The maximum atomic E-state index is 4.50. The minimum Gasteiger partial charge on any atom is -0.263 e. The quantitative estimate of drug-likeness (QED) is 0.692. The molecule has 2 heterocycles. The molecule has 0 saturated carbocycles. The van der Waals surface area contributed by atoms with Gasteiger partial charge in [0.25, 0.3) is 0 Å². The van der Waals surface area contributed by atoms with Crippen molar-refractivity contribution in [1.29, 1.82) is 0 Å². The predicted molar refractivity (Wildman–Crippen MR) is 65.5 cm³/mol. The Bertz CT molecular complexity index is 536. The van der Waals surface area contributed by atoms with E-state index >= 15 is 0 Å². The zero-order valence-corrected chi connectivity index (χ0v) is 9.40. The largest absolute Gasteiger partial charge is 0.263 e. The summed E-state index contributed by atoms with van der Waals surface area (Å²) >= 11 is 3.44. The van der Waals surface area contributed by atoms with Crippen LogP contribution >= 0.6 is 15.9 Å². The van der Waals surface area contributed by atoms with Gasteiger partial charge in [-0.1, -0.05) is 30.3 Å². The van der Waals surface area contributed by atoms with Crippen LogP contribution in [-0.2, 0) is 0 Å². The Kier molecular flexibility index (Phi) is 1.92. The fourth-order valence-corrected chi connectivity index (χ4v) is 2.21. The van der Waals surface area contributed by atoms with E-state index in [2.05, 4.69) is 38.0 Å². The van der Waals surface area contributed by atoms with Crippen LogP contribution in [0.25, 0.3) is 0 Å². The van der Waals surface area contributed by atoms with Crippen LogP contribution in [0.1, 0.15) is 5.56 Å². The number of allylic oxidation sites excluding steroid dienone is 2. The van der Waals surface area contributed by atoms with Gasteiger partial charge in [-0.15, -0.1) is 0 Å². The molecule has 72 valence electrons. The lowest BCUT2D eigenvalue weighted by Crippen LogP contribution is -2.01. The van der Waals surface area contributed by atoms with Crippen molar-refractivity contribution in [1.82, 2.24) is 0 Å². The number of fused-ring (bicyclic) bond motifs is 1. The first-order valence-corrected chi connectivity index (χ1v) is 5.43. The number of benzene rings is 1. The highest BCUT2D eigenvalue weighted by Gasteiger charge is 2.24. The normalized spacial score (nSPS) is 17.9. The molecular formula is C12H7BrN2. The van der Waals surface area contributed by atoms with E-state index in [4.69, 9.17) is 0 Å². The second-order valence-electron chi connectivity index (χ2n) is 3.35. The summed E-state index contributed by atoms with van der Waals surface area (Å²) in [4.78, 5) is 8.63. The molecule has 0 N–H and O–H groups in total. The zero-order chi connectivity index (χ0) is 10.3. The molecule has 0 radical (unpaired) electrons. The highest BCUT2D eigenvalue weighted by molar-refractivity contribution is 9.11. The maximum absolute atomic E-state index is 4.50. The van der Waals surface area contributed by atoms with E-state index in [0.29, 0.717) is 0 Å². The summed E-state index contributed by atoms with van der Waals surface area (Å²) in [5.41, 5.74) is 4.30. The molecule has 15 heavy (non-hydrogen) atoms. The minimum absolute atomic E-state index is 0.869. The molecule has 3 rings (SSSR count). The van der Waals surface area contributed by atoms with Crippen LogP contribution in [0.3, 0.4) is 0 Å². The van der Waals surface area contributed by atoms with E-state index in [1.807, 2.05) is 30.6 Å². The number of nitrogens with zero attached hydrogens (tertiary/aromatic N) is 2. The van der Waals surface area contributed by atoms with Crippen LogP contribution < -0.4 is 0 Å². The lowest BCUT2D eigenvalue weighted by atomic mass is 10.0. The van der Waals surface area contributed by atoms with E-state index < -0.39 is 0 Å². The molecule has 1 aromatic carbocycles. The standard InChI is InChI=1S/C12H7BrN2/c13-12-10-7-14-6-9(10)11(15-12)8-4-2-1-3-5-8/h1-7H. The van der Waals surface area contributed by atoms with Gasteiger partial charge in [0.15, 0.2) is 0 Å². The number of hydrogen-bond donors (Lipinski definition) is 0. The highest BCUT2D eigenvalue weighted by Crippen LogP contribution is 2.33. The molecule has 2 nitrogen and oxygen atoms in total. The number of hydrogen-bond acceptors (Lipinski definition) is 2. The Morgan fingerprint density at radius 2 is 1.87 bits per heavy atom. The summed E-state index contributed by atoms with van der Waals surface area (Å²) in [5.74, 6) is 0. The third-order valence-corrected chi connectivity index (χ3v) is 3.04. The average Bonchev–Trinajstić information content (AvgIpc) is 2.84. The average molecular weight is 259 g/mol. The first-order chi connectivity index (χ1) is 7.36. The van der Waals surface area contributed by atoms with Gasteiger partial charge in [-0.25, -0.2) is 4.99 Å². The van der Waals surface area contributed by atoms with Crippen molar-refractivity contribution in [2.45, 2.75) is 0 Å². The van der Waals surface area contributed by atoms with Crippen LogP contribution in [0, 0.1) is 0 Å². The van der Waals surface area contributed by atoms with Gasteiger partial charge in [0.05, 0.1) is 5.71 Å². The molecule has 2 aliphatic rings. The minimum atomic E-state index is 0.869. The van der Waals surface area contributed by atoms with Crippen molar-refractivity contribution in [3.05, 3.63) is 57.8 Å². The molecule has 0 saturated heterocycles. The lowest BCUT2D eigenvalue weighted by molar-refractivity contribution is 1.53. The molecule has 0 unspecified atom stereocenters. The molecule has 2 aliphatic heterocycles. The summed E-state index contributed by atoms with van der Waals surface area (Å²) in [6.07, 6.45) is 3.69. The van der Waals surface area contributed by atoms with E-state index in [-0.39, 0.29) is 0 Å². The Labute approximate surface area is 95.9 Å². The third-order valence-electron chi connectivity index (χ3n) is 2.43. The SMILES string of the molecule is BrC1=C2C=NC=C2C(c2ccccc2)=N1. The molecule has 3 heteroatoms. The third kappa shape index (κ3) is 1.31. The van der Waals surface area contributed by atoms with Gasteiger partial charge in [0.2, 0.25) is 0 Å². The monoisotopic (exact) mass is 258 g/mol. The Morgan fingerprint density at radius 1 is 1.07 bits per heavy atom.